The van der Waals surface area contributed by atoms with E-state index in [0.717, 1.165) is 6.54 Å². The fraction of sp³-hybridized carbons (Fsp3) is 0.429. The Kier molecular flexibility index (Phi) is 3.96. The maximum atomic E-state index is 3.92. The maximum absolute atomic E-state index is 3.92. The molecule has 0 bridgehead atoms. The molecule has 0 aromatic heterocycles. The van der Waals surface area contributed by atoms with E-state index >= 15 is 0 Å². The molecule has 1 N–H and O–H groups in total. The van der Waals surface area contributed by atoms with Crippen LogP contribution in [0.4, 0.5) is 0 Å². The monoisotopic (exact) mass is 306 g/mol. The highest BCUT2D eigenvalue weighted by Crippen LogP contribution is 2.53. The van der Waals surface area contributed by atoms with Crippen molar-refractivity contribution in [3.8, 4) is 0 Å². The predicted octanol–water partition coefficient (Wildman–Crippen LogP) is 4.00. The molecule has 120 valence electrons. The topological polar surface area (TPSA) is 15.3 Å². The predicted molar refractivity (Wildman–Crippen MR) is 95.2 cm³/mol. The van der Waals surface area contributed by atoms with Crippen molar-refractivity contribution < 1.29 is 0 Å². The van der Waals surface area contributed by atoms with Crippen LogP contribution in [0.2, 0.25) is 0 Å². The van der Waals surface area contributed by atoms with E-state index in [1.165, 1.54) is 37.1 Å². The van der Waals surface area contributed by atoms with E-state index in [9.17, 15) is 0 Å². The standard InChI is InChI=1S/C21H26N2/c1-17(19-10-6-3-7-11-19)22-20-15-23(16-21(20)12-13-21)14-18-8-4-2-5-9-18/h2-11,17,20,22H,12-16H2,1H3/t17-,20?/m1/s1. The van der Waals surface area contributed by atoms with Gasteiger partial charge in [0.1, 0.15) is 0 Å². The number of benzene rings is 2. The summed E-state index contributed by atoms with van der Waals surface area (Å²) in [6.45, 7) is 5.80. The summed E-state index contributed by atoms with van der Waals surface area (Å²) >= 11 is 0. The highest BCUT2D eigenvalue weighted by atomic mass is 15.2. The average molecular weight is 306 g/mol. The zero-order chi connectivity index (χ0) is 15.7. The Morgan fingerprint density at radius 3 is 2.35 bits per heavy atom. The summed E-state index contributed by atoms with van der Waals surface area (Å²) in [6, 6.07) is 22.8. The SMILES string of the molecule is C[C@@H](NC1CN(Cc2ccccc2)CC12CC2)c1ccccc1. The van der Waals surface area contributed by atoms with Crippen LogP contribution in [0, 0.1) is 5.41 Å². The van der Waals surface area contributed by atoms with Gasteiger partial charge in [-0.05, 0) is 36.3 Å². The van der Waals surface area contributed by atoms with E-state index in [4.69, 9.17) is 0 Å². The summed E-state index contributed by atoms with van der Waals surface area (Å²) < 4.78 is 0. The van der Waals surface area contributed by atoms with Crippen molar-refractivity contribution in [2.75, 3.05) is 13.1 Å². The van der Waals surface area contributed by atoms with Gasteiger partial charge in [0.05, 0.1) is 0 Å². The van der Waals surface area contributed by atoms with Gasteiger partial charge in [0.15, 0.2) is 0 Å². The van der Waals surface area contributed by atoms with Crippen LogP contribution < -0.4 is 5.32 Å². The van der Waals surface area contributed by atoms with Crippen LogP contribution in [0.5, 0.6) is 0 Å². The highest BCUT2D eigenvalue weighted by molar-refractivity contribution is 5.20. The fourth-order valence-electron chi connectivity index (χ4n) is 4.07. The third-order valence-electron chi connectivity index (χ3n) is 5.61. The molecule has 1 aliphatic carbocycles. The molecule has 2 nitrogen and oxygen atoms in total. The van der Waals surface area contributed by atoms with Crippen LogP contribution in [0.25, 0.3) is 0 Å². The number of hydrogen-bond acceptors (Lipinski definition) is 2. The molecule has 1 saturated heterocycles. The average Bonchev–Trinajstić information content (AvgIpc) is 3.28. The second kappa shape index (κ2) is 6.10. The Bertz CT molecular complexity index is 633. The minimum atomic E-state index is 0.426. The van der Waals surface area contributed by atoms with Crippen LogP contribution in [0.1, 0.15) is 36.9 Å². The number of nitrogens with zero attached hydrogens (tertiary/aromatic N) is 1. The molecule has 1 aliphatic heterocycles. The van der Waals surface area contributed by atoms with Crippen molar-refractivity contribution in [2.24, 2.45) is 5.41 Å². The van der Waals surface area contributed by atoms with Crippen LogP contribution >= 0.6 is 0 Å². The normalized spacial score (nSPS) is 24.0. The summed E-state index contributed by atoms with van der Waals surface area (Å²) in [6.07, 6.45) is 2.77. The summed E-state index contributed by atoms with van der Waals surface area (Å²) in [5.74, 6) is 0. The van der Waals surface area contributed by atoms with E-state index in [1.54, 1.807) is 0 Å². The molecule has 1 spiro atoms. The lowest BCUT2D eigenvalue weighted by Crippen LogP contribution is -2.38. The van der Waals surface area contributed by atoms with E-state index in [0.29, 0.717) is 17.5 Å². The van der Waals surface area contributed by atoms with Crippen molar-refractivity contribution in [1.29, 1.82) is 0 Å². The fourth-order valence-corrected chi connectivity index (χ4v) is 4.07. The van der Waals surface area contributed by atoms with Crippen LogP contribution in [-0.4, -0.2) is 24.0 Å². The molecule has 0 radical (unpaired) electrons. The lowest BCUT2D eigenvalue weighted by Gasteiger charge is -2.24. The third-order valence-corrected chi connectivity index (χ3v) is 5.61. The van der Waals surface area contributed by atoms with Gasteiger partial charge < -0.3 is 5.32 Å². The molecule has 2 fully saturated rings. The maximum Gasteiger partial charge on any atom is 0.0295 e. The first kappa shape index (κ1) is 14.9. The number of nitrogens with one attached hydrogen (secondary N) is 1. The minimum absolute atomic E-state index is 0.426. The minimum Gasteiger partial charge on any atom is -0.306 e. The van der Waals surface area contributed by atoms with Crippen LogP contribution in [0.15, 0.2) is 60.7 Å². The zero-order valence-electron chi connectivity index (χ0n) is 13.9. The molecule has 4 rings (SSSR count). The van der Waals surface area contributed by atoms with Gasteiger partial charge in [-0.25, -0.2) is 0 Å². The van der Waals surface area contributed by atoms with Crippen LogP contribution in [-0.2, 0) is 6.54 Å². The summed E-state index contributed by atoms with van der Waals surface area (Å²) in [7, 11) is 0. The van der Waals surface area contributed by atoms with Gasteiger partial charge in [0, 0.05) is 31.7 Å². The molecule has 23 heavy (non-hydrogen) atoms. The Morgan fingerprint density at radius 2 is 1.70 bits per heavy atom. The summed E-state index contributed by atoms with van der Waals surface area (Å²) in [5, 5.41) is 3.92. The quantitative estimate of drug-likeness (QED) is 0.898. The van der Waals surface area contributed by atoms with Crippen molar-refractivity contribution in [3.63, 3.8) is 0 Å². The van der Waals surface area contributed by atoms with Gasteiger partial charge >= 0.3 is 0 Å². The molecule has 2 heteroatoms. The van der Waals surface area contributed by atoms with Crippen molar-refractivity contribution in [3.05, 3.63) is 71.8 Å². The first-order valence-corrected chi connectivity index (χ1v) is 8.82. The molecule has 2 aromatic carbocycles. The van der Waals surface area contributed by atoms with Gasteiger partial charge in [-0.2, -0.15) is 0 Å². The summed E-state index contributed by atoms with van der Waals surface area (Å²) in [4.78, 5) is 2.64. The van der Waals surface area contributed by atoms with Crippen molar-refractivity contribution >= 4 is 0 Å². The lowest BCUT2D eigenvalue weighted by molar-refractivity contribution is 0.311. The molecule has 1 saturated carbocycles. The Morgan fingerprint density at radius 1 is 1.04 bits per heavy atom. The first-order chi connectivity index (χ1) is 11.3. The lowest BCUT2D eigenvalue weighted by atomic mass is 9.98. The Hall–Kier alpha value is -1.64. The molecule has 1 heterocycles. The van der Waals surface area contributed by atoms with E-state index in [1.807, 2.05) is 0 Å². The second-order valence-electron chi connectivity index (χ2n) is 7.37. The number of hydrogen-bond donors (Lipinski definition) is 1. The van der Waals surface area contributed by atoms with Crippen LogP contribution in [0.3, 0.4) is 0 Å². The second-order valence-corrected chi connectivity index (χ2v) is 7.37. The molecule has 0 amide bonds. The van der Waals surface area contributed by atoms with Gasteiger partial charge in [0.2, 0.25) is 0 Å². The Balaban J connectivity index is 1.41. The Labute approximate surface area is 139 Å². The van der Waals surface area contributed by atoms with Gasteiger partial charge in [-0.1, -0.05) is 60.7 Å². The van der Waals surface area contributed by atoms with Gasteiger partial charge in [-0.15, -0.1) is 0 Å². The van der Waals surface area contributed by atoms with Crippen molar-refractivity contribution in [1.82, 2.24) is 10.2 Å². The number of likely N-dealkylation sites (tertiary alicyclic amines) is 1. The zero-order valence-corrected chi connectivity index (χ0v) is 13.9. The molecule has 2 atom stereocenters. The first-order valence-electron chi connectivity index (χ1n) is 8.82. The molecule has 2 aromatic rings. The molecule has 2 aliphatic rings. The number of rotatable bonds is 5. The van der Waals surface area contributed by atoms with E-state index < -0.39 is 0 Å². The smallest absolute Gasteiger partial charge is 0.0295 e. The molecular weight excluding hydrogens is 280 g/mol. The third kappa shape index (κ3) is 3.19. The highest BCUT2D eigenvalue weighted by Gasteiger charge is 2.54. The van der Waals surface area contributed by atoms with Crippen molar-refractivity contribution in [2.45, 2.75) is 38.4 Å². The summed E-state index contributed by atoms with van der Waals surface area (Å²) in [5.41, 5.74) is 3.36. The largest absolute Gasteiger partial charge is 0.306 e. The van der Waals surface area contributed by atoms with Gasteiger partial charge in [-0.3, -0.25) is 4.90 Å². The van der Waals surface area contributed by atoms with Gasteiger partial charge in [0.25, 0.3) is 0 Å². The molecular formula is C21H26N2. The van der Waals surface area contributed by atoms with E-state index in [2.05, 4.69) is 77.8 Å². The van der Waals surface area contributed by atoms with E-state index in [-0.39, 0.29) is 0 Å². The molecule has 1 unspecified atom stereocenters.